The van der Waals surface area contributed by atoms with E-state index in [2.05, 4.69) is 18.7 Å². The number of aliphatic hydroxyl groups is 1. The van der Waals surface area contributed by atoms with E-state index in [0.29, 0.717) is 12.0 Å². The van der Waals surface area contributed by atoms with Gasteiger partial charge in [-0.1, -0.05) is 13.8 Å². The molecular formula is C11H23NO. The fourth-order valence-electron chi connectivity index (χ4n) is 2.18. The van der Waals surface area contributed by atoms with Gasteiger partial charge in [0.15, 0.2) is 0 Å². The van der Waals surface area contributed by atoms with Crippen molar-refractivity contribution in [1.29, 1.82) is 0 Å². The first-order chi connectivity index (χ1) is 6.14. The molecule has 2 nitrogen and oxygen atoms in total. The summed E-state index contributed by atoms with van der Waals surface area (Å²) < 4.78 is 0. The standard InChI is InChI=1S/C11H23NO/c1-11(2)6-5-8-12(10-11)7-3-4-9-13/h13H,3-10H2,1-2H3. The van der Waals surface area contributed by atoms with Crippen LogP contribution in [0.4, 0.5) is 0 Å². The highest BCUT2D eigenvalue weighted by Crippen LogP contribution is 2.28. The highest BCUT2D eigenvalue weighted by Gasteiger charge is 2.25. The van der Waals surface area contributed by atoms with E-state index in [9.17, 15) is 0 Å². The van der Waals surface area contributed by atoms with Crippen LogP contribution in [0.5, 0.6) is 0 Å². The van der Waals surface area contributed by atoms with E-state index in [0.717, 1.165) is 12.8 Å². The molecule has 13 heavy (non-hydrogen) atoms. The maximum absolute atomic E-state index is 8.68. The van der Waals surface area contributed by atoms with Gasteiger partial charge in [-0.3, -0.25) is 0 Å². The van der Waals surface area contributed by atoms with E-state index in [-0.39, 0.29) is 0 Å². The van der Waals surface area contributed by atoms with Crippen molar-refractivity contribution < 1.29 is 5.11 Å². The molecular weight excluding hydrogens is 162 g/mol. The summed E-state index contributed by atoms with van der Waals surface area (Å²) in [4.78, 5) is 2.54. The minimum atomic E-state index is 0.344. The van der Waals surface area contributed by atoms with Crippen LogP contribution in [-0.2, 0) is 0 Å². The molecule has 1 aliphatic rings. The molecule has 0 spiro atoms. The first-order valence-electron chi connectivity index (χ1n) is 5.47. The Balaban J connectivity index is 2.19. The Kier molecular flexibility index (Phi) is 4.20. The summed E-state index contributed by atoms with van der Waals surface area (Å²) >= 11 is 0. The van der Waals surface area contributed by atoms with Gasteiger partial charge in [-0.05, 0) is 44.2 Å². The molecule has 0 aromatic carbocycles. The molecule has 0 aliphatic carbocycles. The van der Waals surface area contributed by atoms with Crippen molar-refractivity contribution >= 4 is 0 Å². The highest BCUT2D eigenvalue weighted by atomic mass is 16.2. The maximum atomic E-state index is 8.68. The Labute approximate surface area is 81.9 Å². The second kappa shape index (κ2) is 4.97. The van der Waals surface area contributed by atoms with Gasteiger partial charge < -0.3 is 10.0 Å². The van der Waals surface area contributed by atoms with Crippen LogP contribution in [0, 0.1) is 5.41 Å². The average molecular weight is 185 g/mol. The molecule has 0 bridgehead atoms. The van der Waals surface area contributed by atoms with Crippen molar-refractivity contribution in [2.24, 2.45) is 5.41 Å². The minimum Gasteiger partial charge on any atom is -0.396 e. The minimum absolute atomic E-state index is 0.344. The third kappa shape index (κ3) is 4.10. The lowest BCUT2D eigenvalue weighted by Crippen LogP contribution is -2.40. The molecule has 0 radical (unpaired) electrons. The van der Waals surface area contributed by atoms with E-state index < -0.39 is 0 Å². The topological polar surface area (TPSA) is 23.5 Å². The van der Waals surface area contributed by atoms with Crippen LogP contribution in [0.3, 0.4) is 0 Å². The fraction of sp³-hybridized carbons (Fsp3) is 1.00. The Morgan fingerprint density at radius 2 is 2.08 bits per heavy atom. The quantitative estimate of drug-likeness (QED) is 0.676. The van der Waals surface area contributed by atoms with Crippen LogP contribution in [0.1, 0.15) is 39.5 Å². The lowest BCUT2D eigenvalue weighted by atomic mass is 9.84. The van der Waals surface area contributed by atoms with Crippen LogP contribution in [0.15, 0.2) is 0 Å². The zero-order valence-electron chi connectivity index (χ0n) is 9.05. The van der Waals surface area contributed by atoms with Crippen molar-refractivity contribution in [1.82, 2.24) is 4.90 Å². The second-order valence-corrected chi connectivity index (χ2v) is 4.97. The molecule has 0 aromatic rings. The van der Waals surface area contributed by atoms with E-state index in [1.54, 1.807) is 0 Å². The van der Waals surface area contributed by atoms with Crippen molar-refractivity contribution in [2.45, 2.75) is 39.5 Å². The molecule has 0 saturated carbocycles. The van der Waals surface area contributed by atoms with Gasteiger partial charge in [0.2, 0.25) is 0 Å². The zero-order chi connectivity index (χ0) is 9.73. The molecule has 1 fully saturated rings. The van der Waals surface area contributed by atoms with Crippen LogP contribution in [0.2, 0.25) is 0 Å². The monoisotopic (exact) mass is 185 g/mol. The Hall–Kier alpha value is -0.0800. The van der Waals surface area contributed by atoms with Gasteiger partial charge >= 0.3 is 0 Å². The van der Waals surface area contributed by atoms with Crippen molar-refractivity contribution in [3.63, 3.8) is 0 Å². The van der Waals surface area contributed by atoms with Gasteiger partial charge in [0, 0.05) is 13.2 Å². The molecule has 1 aliphatic heterocycles. The summed E-state index contributed by atoms with van der Waals surface area (Å²) in [6.07, 6.45) is 4.80. The van der Waals surface area contributed by atoms with Crippen LogP contribution in [-0.4, -0.2) is 36.2 Å². The van der Waals surface area contributed by atoms with Crippen LogP contribution in [0.25, 0.3) is 0 Å². The number of rotatable bonds is 4. The number of hydrogen-bond acceptors (Lipinski definition) is 2. The summed E-state index contributed by atoms with van der Waals surface area (Å²) in [5, 5.41) is 8.68. The molecule has 78 valence electrons. The van der Waals surface area contributed by atoms with Crippen molar-refractivity contribution in [2.75, 3.05) is 26.2 Å². The lowest BCUT2D eigenvalue weighted by molar-refractivity contribution is 0.114. The number of unbranched alkanes of at least 4 members (excludes halogenated alkanes) is 1. The number of hydrogen-bond donors (Lipinski definition) is 1. The molecule has 0 aromatic heterocycles. The number of nitrogens with zero attached hydrogens (tertiary/aromatic N) is 1. The Morgan fingerprint density at radius 3 is 2.69 bits per heavy atom. The molecule has 0 unspecified atom stereocenters. The lowest BCUT2D eigenvalue weighted by Gasteiger charge is -2.38. The summed E-state index contributed by atoms with van der Waals surface area (Å²) in [6, 6.07) is 0. The SMILES string of the molecule is CC1(C)CCCN(CCCCO)C1. The average Bonchev–Trinajstić information content (AvgIpc) is 2.03. The zero-order valence-corrected chi connectivity index (χ0v) is 9.05. The predicted molar refractivity (Wildman–Crippen MR) is 55.8 cm³/mol. The third-order valence-corrected chi connectivity index (χ3v) is 2.86. The first-order valence-corrected chi connectivity index (χ1v) is 5.47. The van der Waals surface area contributed by atoms with E-state index >= 15 is 0 Å². The number of aliphatic hydroxyl groups excluding tert-OH is 1. The van der Waals surface area contributed by atoms with Gasteiger partial charge in [0.25, 0.3) is 0 Å². The van der Waals surface area contributed by atoms with Gasteiger partial charge in [-0.25, -0.2) is 0 Å². The van der Waals surface area contributed by atoms with E-state index in [4.69, 9.17) is 5.11 Å². The normalized spacial score (nSPS) is 23.3. The molecule has 0 atom stereocenters. The molecule has 2 heteroatoms. The Morgan fingerprint density at radius 1 is 1.31 bits per heavy atom. The van der Waals surface area contributed by atoms with Gasteiger partial charge in [-0.15, -0.1) is 0 Å². The van der Waals surface area contributed by atoms with Crippen molar-refractivity contribution in [3.8, 4) is 0 Å². The number of piperidine rings is 1. The molecule has 1 rings (SSSR count). The largest absolute Gasteiger partial charge is 0.396 e. The summed E-state index contributed by atoms with van der Waals surface area (Å²) in [5.74, 6) is 0. The molecule has 1 saturated heterocycles. The fourth-order valence-corrected chi connectivity index (χ4v) is 2.18. The maximum Gasteiger partial charge on any atom is 0.0431 e. The molecule has 1 heterocycles. The predicted octanol–water partition coefficient (Wildman–Crippen LogP) is 1.88. The van der Waals surface area contributed by atoms with Crippen molar-refractivity contribution in [3.05, 3.63) is 0 Å². The van der Waals surface area contributed by atoms with Gasteiger partial charge in [0.05, 0.1) is 0 Å². The Bertz CT molecular complexity index is 145. The molecule has 0 amide bonds. The van der Waals surface area contributed by atoms with Crippen LogP contribution >= 0.6 is 0 Å². The van der Waals surface area contributed by atoms with E-state index in [1.165, 1.54) is 32.5 Å². The van der Waals surface area contributed by atoms with E-state index in [1.807, 2.05) is 0 Å². The summed E-state index contributed by atoms with van der Waals surface area (Å²) in [7, 11) is 0. The third-order valence-electron chi connectivity index (χ3n) is 2.86. The summed E-state index contributed by atoms with van der Waals surface area (Å²) in [5.41, 5.74) is 0.511. The van der Waals surface area contributed by atoms with Gasteiger partial charge in [-0.2, -0.15) is 0 Å². The molecule has 1 N–H and O–H groups in total. The van der Waals surface area contributed by atoms with Gasteiger partial charge in [0.1, 0.15) is 0 Å². The number of likely N-dealkylation sites (tertiary alicyclic amines) is 1. The smallest absolute Gasteiger partial charge is 0.0431 e. The van der Waals surface area contributed by atoms with Crippen LogP contribution < -0.4 is 0 Å². The summed E-state index contributed by atoms with van der Waals surface area (Å²) in [6.45, 7) is 8.71. The first kappa shape index (κ1) is 11.0. The highest BCUT2D eigenvalue weighted by molar-refractivity contribution is 4.79. The second-order valence-electron chi connectivity index (χ2n) is 4.97.